The van der Waals surface area contributed by atoms with E-state index in [4.69, 9.17) is 16.3 Å². The third kappa shape index (κ3) is 5.90. The third-order valence-electron chi connectivity index (χ3n) is 3.65. The number of benzene rings is 2. The average Bonchev–Trinajstić information content (AvgIpc) is 3.10. The maximum Gasteiger partial charge on any atom is 0.325 e. The molecule has 0 unspecified atom stereocenters. The number of methoxy groups -OCH3 is 1. The summed E-state index contributed by atoms with van der Waals surface area (Å²) in [5.41, 5.74) is 1.39. The molecule has 0 saturated heterocycles. The monoisotopic (exact) mass is 434 g/mol. The van der Waals surface area contributed by atoms with E-state index in [1.807, 2.05) is 0 Å². The van der Waals surface area contributed by atoms with Gasteiger partial charge in [-0.25, -0.2) is 14.2 Å². The number of anilines is 3. The van der Waals surface area contributed by atoms with Crippen LogP contribution in [-0.2, 0) is 11.2 Å². The van der Waals surface area contributed by atoms with Gasteiger partial charge in [0.1, 0.15) is 11.6 Å². The summed E-state index contributed by atoms with van der Waals surface area (Å²) in [6.07, 6.45) is 0.00737. The smallest absolute Gasteiger partial charge is 0.325 e. The van der Waals surface area contributed by atoms with Crippen LogP contribution in [-0.4, -0.2) is 24.0 Å². The van der Waals surface area contributed by atoms with E-state index in [0.29, 0.717) is 33.0 Å². The van der Waals surface area contributed by atoms with Crippen molar-refractivity contribution in [2.75, 3.05) is 23.1 Å². The fourth-order valence-electron chi connectivity index (χ4n) is 2.38. The lowest BCUT2D eigenvalue weighted by Gasteiger charge is -2.10. The zero-order valence-corrected chi connectivity index (χ0v) is 16.7. The number of thiazole rings is 1. The first-order chi connectivity index (χ1) is 13.9. The minimum Gasteiger partial charge on any atom is -0.495 e. The van der Waals surface area contributed by atoms with Crippen LogP contribution in [0.5, 0.6) is 5.75 Å². The molecule has 7 nitrogen and oxygen atoms in total. The van der Waals surface area contributed by atoms with E-state index >= 15 is 0 Å². The Balaban J connectivity index is 1.55. The number of urea groups is 1. The predicted octanol–water partition coefficient (Wildman–Crippen LogP) is 4.77. The molecule has 0 radical (unpaired) electrons. The van der Waals surface area contributed by atoms with Crippen LogP contribution in [0.1, 0.15) is 5.69 Å². The van der Waals surface area contributed by atoms with E-state index in [0.717, 1.165) is 0 Å². The van der Waals surface area contributed by atoms with Gasteiger partial charge in [-0.1, -0.05) is 11.6 Å². The summed E-state index contributed by atoms with van der Waals surface area (Å²) in [7, 11) is 1.49. The van der Waals surface area contributed by atoms with E-state index in [1.165, 1.54) is 42.7 Å². The summed E-state index contributed by atoms with van der Waals surface area (Å²) in [5.74, 6) is -0.215. The number of carbonyl (C=O) groups is 2. The molecule has 0 aliphatic rings. The van der Waals surface area contributed by atoms with Gasteiger partial charge in [-0.15, -0.1) is 11.3 Å². The number of halogens is 2. The van der Waals surface area contributed by atoms with Crippen LogP contribution in [0.15, 0.2) is 47.8 Å². The lowest BCUT2D eigenvalue weighted by Crippen LogP contribution is -2.19. The fourth-order valence-corrected chi connectivity index (χ4v) is 3.25. The van der Waals surface area contributed by atoms with Crippen LogP contribution >= 0.6 is 22.9 Å². The highest BCUT2D eigenvalue weighted by atomic mass is 35.5. The summed E-state index contributed by atoms with van der Waals surface area (Å²) < 4.78 is 18.1. The summed E-state index contributed by atoms with van der Waals surface area (Å²) in [5, 5.41) is 10.3. The first kappa shape index (κ1) is 20.6. The molecule has 0 fully saturated rings. The van der Waals surface area contributed by atoms with Gasteiger partial charge in [0.2, 0.25) is 5.91 Å². The Morgan fingerprint density at radius 3 is 2.62 bits per heavy atom. The van der Waals surface area contributed by atoms with Gasteiger partial charge >= 0.3 is 6.03 Å². The Labute approximate surface area is 174 Å². The summed E-state index contributed by atoms with van der Waals surface area (Å²) in [6, 6.07) is 9.74. The van der Waals surface area contributed by atoms with Crippen molar-refractivity contribution in [1.29, 1.82) is 0 Å². The second kappa shape index (κ2) is 9.35. The first-order valence-corrected chi connectivity index (χ1v) is 9.60. The number of ether oxygens (including phenoxy) is 1. The molecule has 0 atom stereocenters. The fraction of sp³-hybridized carbons (Fsp3) is 0.105. The van der Waals surface area contributed by atoms with E-state index in [2.05, 4.69) is 20.9 Å². The van der Waals surface area contributed by atoms with E-state index in [-0.39, 0.29) is 12.3 Å². The van der Waals surface area contributed by atoms with Gasteiger partial charge in [0.15, 0.2) is 5.13 Å². The van der Waals surface area contributed by atoms with Gasteiger partial charge in [0.25, 0.3) is 0 Å². The van der Waals surface area contributed by atoms with Crippen LogP contribution in [0.2, 0.25) is 5.02 Å². The Morgan fingerprint density at radius 1 is 1.14 bits per heavy atom. The largest absolute Gasteiger partial charge is 0.495 e. The molecule has 29 heavy (non-hydrogen) atoms. The molecule has 3 aromatic rings. The van der Waals surface area contributed by atoms with Gasteiger partial charge in [0, 0.05) is 16.1 Å². The molecule has 0 aliphatic carbocycles. The lowest BCUT2D eigenvalue weighted by molar-refractivity contribution is -0.115. The van der Waals surface area contributed by atoms with Crippen molar-refractivity contribution in [3.63, 3.8) is 0 Å². The van der Waals surface area contributed by atoms with Gasteiger partial charge < -0.3 is 15.4 Å². The van der Waals surface area contributed by atoms with Crippen LogP contribution in [0.3, 0.4) is 0 Å². The van der Waals surface area contributed by atoms with Crippen LogP contribution in [0.25, 0.3) is 0 Å². The second-order valence-electron chi connectivity index (χ2n) is 5.80. The molecular formula is C19H16ClFN4O3S. The normalized spacial score (nSPS) is 10.3. The Hall–Kier alpha value is -3.17. The number of aromatic nitrogens is 1. The minimum absolute atomic E-state index is 0.00737. The number of nitrogens with zero attached hydrogens (tertiary/aromatic N) is 1. The van der Waals surface area contributed by atoms with E-state index in [1.54, 1.807) is 23.6 Å². The molecule has 2 aromatic carbocycles. The molecule has 3 rings (SSSR count). The Kier molecular flexibility index (Phi) is 6.63. The molecular weight excluding hydrogens is 419 g/mol. The zero-order valence-electron chi connectivity index (χ0n) is 15.2. The Morgan fingerprint density at radius 2 is 1.90 bits per heavy atom. The molecule has 0 spiro atoms. The topological polar surface area (TPSA) is 92.4 Å². The van der Waals surface area contributed by atoms with Gasteiger partial charge in [-0.3, -0.25) is 10.1 Å². The van der Waals surface area contributed by atoms with Crippen molar-refractivity contribution in [2.24, 2.45) is 0 Å². The standard InChI is InChI=1S/C19H16ClFN4O3S/c1-28-16-7-2-11(20)8-15(16)24-17(26)9-14-10-29-19(23-14)25-18(27)22-13-5-3-12(21)4-6-13/h2-8,10H,9H2,1H3,(H,24,26)(H2,22,23,25,27). The van der Waals surface area contributed by atoms with E-state index in [9.17, 15) is 14.0 Å². The predicted molar refractivity (Wildman–Crippen MR) is 111 cm³/mol. The molecule has 0 saturated carbocycles. The highest BCUT2D eigenvalue weighted by molar-refractivity contribution is 7.14. The van der Waals surface area contributed by atoms with Crippen molar-refractivity contribution in [3.8, 4) is 5.75 Å². The van der Waals surface area contributed by atoms with Gasteiger partial charge in [-0.05, 0) is 42.5 Å². The maximum atomic E-state index is 12.9. The number of nitrogens with one attached hydrogen (secondary N) is 3. The number of hydrogen-bond acceptors (Lipinski definition) is 5. The highest BCUT2D eigenvalue weighted by Gasteiger charge is 2.12. The summed E-state index contributed by atoms with van der Waals surface area (Å²) >= 11 is 7.13. The Bertz CT molecular complexity index is 1030. The molecule has 1 heterocycles. The molecule has 3 amide bonds. The summed E-state index contributed by atoms with van der Waals surface area (Å²) in [4.78, 5) is 28.5. The van der Waals surface area contributed by atoms with Crippen molar-refractivity contribution < 1.29 is 18.7 Å². The lowest BCUT2D eigenvalue weighted by atomic mass is 10.2. The average molecular weight is 435 g/mol. The molecule has 0 bridgehead atoms. The maximum absolute atomic E-state index is 12.9. The number of amides is 3. The quantitative estimate of drug-likeness (QED) is 0.521. The number of rotatable bonds is 6. The zero-order chi connectivity index (χ0) is 20.8. The molecule has 3 N–H and O–H groups in total. The SMILES string of the molecule is COc1ccc(Cl)cc1NC(=O)Cc1csc(NC(=O)Nc2ccc(F)cc2)n1. The van der Waals surface area contributed by atoms with Gasteiger partial charge in [0.05, 0.1) is 24.9 Å². The molecule has 10 heteroatoms. The molecule has 0 aliphatic heterocycles. The minimum atomic E-state index is -0.523. The highest BCUT2D eigenvalue weighted by Crippen LogP contribution is 2.28. The second-order valence-corrected chi connectivity index (χ2v) is 7.09. The third-order valence-corrected chi connectivity index (χ3v) is 4.69. The number of carbonyl (C=O) groups excluding carboxylic acids is 2. The first-order valence-electron chi connectivity index (χ1n) is 8.34. The van der Waals surface area contributed by atoms with Crippen molar-refractivity contribution in [3.05, 3.63) is 64.4 Å². The van der Waals surface area contributed by atoms with Crippen LogP contribution in [0, 0.1) is 5.82 Å². The number of hydrogen-bond donors (Lipinski definition) is 3. The van der Waals surface area contributed by atoms with Crippen LogP contribution in [0.4, 0.5) is 25.7 Å². The van der Waals surface area contributed by atoms with Crippen LogP contribution < -0.4 is 20.7 Å². The summed E-state index contributed by atoms with van der Waals surface area (Å²) in [6.45, 7) is 0. The molecule has 150 valence electrons. The van der Waals surface area contributed by atoms with Gasteiger partial charge in [-0.2, -0.15) is 0 Å². The molecule has 1 aromatic heterocycles. The van der Waals surface area contributed by atoms with Crippen molar-refractivity contribution in [2.45, 2.75) is 6.42 Å². The van der Waals surface area contributed by atoms with Crippen molar-refractivity contribution in [1.82, 2.24) is 4.98 Å². The van der Waals surface area contributed by atoms with Crippen molar-refractivity contribution >= 4 is 51.4 Å². The van der Waals surface area contributed by atoms with E-state index < -0.39 is 11.8 Å².